The van der Waals surface area contributed by atoms with Crippen LogP contribution in [0.5, 0.6) is 0 Å². The second kappa shape index (κ2) is 6.86. The molecule has 0 saturated heterocycles. The van der Waals surface area contributed by atoms with Crippen molar-refractivity contribution >= 4 is 18.6 Å². The Morgan fingerprint density at radius 2 is 1.60 bits per heavy atom. The summed E-state index contributed by atoms with van der Waals surface area (Å²) in [5, 5.41) is 7.42. The number of carboxylic acid groups (broad SMARTS) is 1. The van der Waals surface area contributed by atoms with Gasteiger partial charge in [-0.15, -0.1) is 0 Å². The molecule has 1 N–H and O–H groups in total. The summed E-state index contributed by atoms with van der Waals surface area (Å²) < 4.78 is 58.1. The number of halogens is 5. The van der Waals surface area contributed by atoms with Crippen LogP contribution in [0.1, 0.15) is 19.8 Å². The molecule has 2 nitrogen and oxygen atoms in total. The molecule has 0 spiro atoms. The highest BCUT2D eigenvalue weighted by Crippen LogP contribution is 2.38. The van der Waals surface area contributed by atoms with Crippen LogP contribution < -0.4 is 0 Å². The average molecular weight is 254 g/mol. The van der Waals surface area contributed by atoms with Gasteiger partial charge < -0.3 is 5.11 Å². The molecule has 15 heavy (non-hydrogen) atoms. The van der Waals surface area contributed by atoms with Crippen LogP contribution in [-0.2, 0) is 4.79 Å². The van der Waals surface area contributed by atoms with Gasteiger partial charge >= 0.3 is 12.1 Å². The Morgan fingerprint density at radius 1 is 1.27 bits per heavy atom. The fraction of sp³-hybridized carbons (Fsp3) is 0.857. The lowest BCUT2D eigenvalue weighted by atomic mass is 10.2. The van der Waals surface area contributed by atoms with Gasteiger partial charge in [0, 0.05) is 13.3 Å². The van der Waals surface area contributed by atoms with Crippen LogP contribution in [0.3, 0.4) is 0 Å². The summed E-state index contributed by atoms with van der Waals surface area (Å²) >= 11 is 3.53. The molecule has 0 aliphatic heterocycles. The molecule has 0 rings (SSSR count). The minimum absolute atomic E-state index is 0.0334. The van der Waals surface area contributed by atoms with E-state index < -0.39 is 24.5 Å². The molecule has 0 bridgehead atoms. The van der Waals surface area contributed by atoms with E-state index in [9.17, 15) is 22.0 Å². The van der Waals surface area contributed by atoms with E-state index in [0.717, 1.165) is 6.92 Å². The molecule has 0 aromatic rings. The van der Waals surface area contributed by atoms with Crippen LogP contribution in [0.25, 0.3) is 0 Å². The third kappa shape index (κ3) is 9.77. The minimum atomic E-state index is -5.42. The number of carbonyl (C=O) groups is 1. The molecule has 0 saturated carbocycles. The summed E-state index contributed by atoms with van der Waals surface area (Å²) in [6.45, 7) is 1.08. The molecule has 92 valence electrons. The van der Waals surface area contributed by atoms with E-state index in [1.54, 1.807) is 0 Å². The van der Waals surface area contributed by atoms with E-state index in [2.05, 4.69) is 12.6 Å². The van der Waals surface area contributed by atoms with Gasteiger partial charge in [-0.25, -0.2) is 0 Å². The molecular weight excluding hydrogens is 243 g/mol. The highest BCUT2D eigenvalue weighted by molar-refractivity contribution is 7.80. The molecule has 0 aliphatic carbocycles. The number of thiol groups is 1. The number of carboxylic acids is 1. The third-order valence-corrected chi connectivity index (χ3v) is 1.38. The molecule has 0 aromatic carbocycles. The Balaban J connectivity index is 0. The van der Waals surface area contributed by atoms with Crippen molar-refractivity contribution in [2.24, 2.45) is 0 Å². The number of hydrogen-bond acceptors (Lipinski definition) is 2. The lowest BCUT2D eigenvalue weighted by Gasteiger charge is -2.18. The molecule has 0 aliphatic rings. The number of rotatable bonds is 3. The quantitative estimate of drug-likeness (QED) is 0.600. The normalized spacial score (nSPS) is 11.7. The molecule has 0 fully saturated rings. The van der Waals surface area contributed by atoms with Crippen molar-refractivity contribution in [2.75, 3.05) is 5.75 Å². The molecule has 0 amide bonds. The monoisotopic (exact) mass is 254 g/mol. The molecule has 0 unspecified atom stereocenters. The van der Waals surface area contributed by atoms with Gasteiger partial charge in [0.2, 0.25) is 0 Å². The van der Waals surface area contributed by atoms with Crippen LogP contribution >= 0.6 is 12.6 Å². The number of alkyl halides is 5. The maximum Gasteiger partial charge on any atom is 0.453 e. The SMILES string of the molecule is CC(=O)O.FC(F)(F)C(F)(F)CCCS. The van der Waals surface area contributed by atoms with Crippen molar-refractivity contribution in [3.63, 3.8) is 0 Å². The van der Waals surface area contributed by atoms with Crippen molar-refractivity contribution in [1.82, 2.24) is 0 Å². The van der Waals surface area contributed by atoms with E-state index in [0.29, 0.717) is 0 Å². The summed E-state index contributed by atoms with van der Waals surface area (Å²) in [7, 11) is 0. The fourth-order valence-electron chi connectivity index (χ4n) is 0.443. The van der Waals surface area contributed by atoms with E-state index in [-0.39, 0.29) is 12.2 Å². The highest BCUT2D eigenvalue weighted by Gasteiger charge is 2.56. The maximum absolute atomic E-state index is 12.0. The lowest BCUT2D eigenvalue weighted by molar-refractivity contribution is -0.284. The standard InChI is InChI=1S/C5H7F5S.C2H4O2/c6-4(7,2-1-3-11)5(8,9)10;1-2(3)4/h11H,1-3H2;1H3,(H,3,4). The summed E-state index contributed by atoms with van der Waals surface area (Å²) in [6.07, 6.45) is -6.84. The summed E-state index contributed by atoms with van der Waals surface area (Å²) in [6, 6.07) is 0. The molecule has 0 aromatic heterocycles. The summed E-state index contributed by atoms with van der Waals surface area (Å²) in [4.78, 5) is 9.00. The zero-order valence-electron chi connectivity index (χ0n) is 7.81. The third-order valence-electron chi connectivity index (χ3n) is 1.06. The van der Waals surface area contributed by atoms with Crippen molar-refractivity contribution in [1.29, 1.82) is 0 Å². The van der Waals surface area contributed by atoms with Crippen LogP contribution in [0.4, 0.5) is 22.0 Å². The van der Waals surface area contributed by atoms with Gasteiger partial charge in [-0.1, -0.05) is 0 Å². The van der Waals surface area contributed by atoms with E-state index in [4.69, 9.17) is 9.90 Å². The van der Waals surface area contributed by atoms with Crippen LogP contribution in [0.15, 0.2) is 0 Å². The van der Waals surface area contributed by atoms with Gasteiger partial charge in [0.1, 0.15) is 0 Å². The zero-order chi connectivity index (χ0) is 12.7. The van der Waals surface area contributed by atoms with Gasteiger partial charge in [0.05, 0.1) is 0 Å². The van der Waals surface area contributed by atoms with E-state index in [1.807, 2.05) is 0 Å². The number of hydrogen-bond donors (Lipinski definition) is 2. The van der Waals surface area contributed by atoms with Crippen molar-refractivity contribution in [3.8, 4) is 0 Å². The highest BCUT2D eigenvalue weighted by atomic mass is 32.1. The fourth-order valence-corrected chi connectivity index (χ4v) is 0.601. The van der Waals surface area contributed by atoms with Gasteiger partial charge in [-0.05, 0) is 12.2 Å². The van der Waals surface area contributed by atoms with E-state index >= 15 is 0 Å². The molecule has 0 atom stereocenters. The molecular formula is C7H11F5O2S. The first-order valence-corrected chi connectivity index (χ1v) is 4.42. The molecule has 0 radical (unpaired) electrons. The van der Waals surface area contributed by atoms with Crippen molar-refractivity contribution in [3.05, 3.63) is 0 Å². The van der Waals surface area contributed by atoms with Crippen molar-refractivity contribution in [2.45, 2.75) is 31.9 Å². The topological polar surface area (TPSA) is 37.3 Å². The maximum atomic E-state index is 12.0. The van der Waals surface area contributed by atoms with E-state index in [1.165, 1.54) is 0 Å². The smallest absolute Gasteiger partial charge is 0.453 e. The second-order valence-corrected chi connectivity index (χ2v) is 3.00. The minimum Gasteiger partial charge on any atom is -0.481 e. The van der Waals surface area contributed by atoms with Gasteiger partial charge in [-0.2, -0.15) is 34.6 Å². The second-order valence-electron chi connectivity index (χ2n) is 2.55. The molecule has 8 heteroatoms. The largest absolute Gasteiger partial charge is 0.481 e. The Morgan fingerprint density at radius 3 is 1.80 bits per heavy atom. The number of aliphatic carboxylic acids is 1. The Bertz CT molecular complexity index is 188. The first-order valence-electron chi connectivity index (χ1n) is 3.79. The van der Waals surface area contributed by atoms with Gasteiger partial charge in [0.15, 0.2) is 0 Å². The Hall–Kier alpha value is -0.530. The zero-order valence-corrected chi connectivity index (χ0v) is 8.71. The predicted octanol–water partition coefficient (Wildman–Crippen LogP) is 2.98. The average Bonchev–Trinajstić information content (AvgIpc) is 1.97. The van der Waals surface area contributed by atoms with Gasteiger partial charge in [0.25, 0.3) is 5.97 Å². The Kier molecular flexibility index (Phi) is 7.72. The Labute approximate surface area is 88.9 Å². The first-order chi connectivity index (χ1) is 6.54. The first kappa shape index (κ1) is 16.9. The molecule has 0 heterocycles. The van der Waals surface area contributed by atoms with Crippen LogP contribution in [0.2, 0.25) is 0 Å². The lowest BCUT2D eigenvalue weighted by Crippen LogP contribution is -2.36. The van der Waals surface area contributed by atoms with Crippen molar-refractivity contribution < 1.29 is 31.9 Å². The summed E-state index contributed by atoms with van der Waals surface area (Å²) in [5.41, 5.74) is 0. The van der Waals surface area contributed by atoms with Gasteiger partial charge in [-0.3, -0.25) is 4.79 Å². The van der Waals surface area contributed by atoms with Crippen LogP contribution in [-0.4, -0.2) is 28.9 Å². The predicted molar refractivity (Wildman–Crippen MR) is 47.4 cm³/mol. The summed E-state index contributed by atoms with van der Waals surface area (Å²) in [5.74, 6) is -5.36. The van der Waals surface area contributed by atoms with Crippen LogP contribution in [0, 0.1) is 0 Å².